The topological polar surface area (TPSA) is 72.1 Å². The fourth-order valence-corrected chi connectivity index (χ4v) is 3.12. The molecule has 128 valence electrons. The Labute approximate surface area is 142 Å². The van der Waals surface area contributed by atoms with Crippen molar-refractivity contribution in [1.82, 2.24) is 20.0 Å². The first-order chi connectivity index (χ1) is 11.6. The van der Waals surface area contributed by atoms with Gasteiger partial charge in [0.05, 0.1) is 0 Å². The molecule has 6 nitrogen and oxygen atoms in total. The van der Waals surface area contributed by atoms with Gasteiger partial charge >= 0.3 is 0 Å². The van der Waals surface area contributed by atoms with E-state index in [1.165, 1.54) is 0 Å². The fourth-order valence-electron chi connectivity index (χ4n) is 3.12. The number of carbonyl (C=O) groups excluding carboxylic acids is 1. The third-order valence-electron chi connectivity index (χ3n) is 4.28. The van der Waals surface area contributed by atoms with Crippen LogP contribution in [-0.2, 0) is 11.2 Å². The first-order valence-electron chi connectivity index (χ1n) is 8.64. The molecule has 0 bridgehead atoms. The van der Waals surface area contributed by atoms with Crippen LogP contribution in [0, 0.1) is 5.92 Å². The van der Waals surface area contributed by atoms with Gasteiger partial charge in [0, 0.05) is 31.8 Å². The SMILES string of the molecule is CC(C)C[C@H](c1nc(Cc2cccnc2)no1)N1CCCCC1=O. The Morgan fingerprint density at radius 1 is 1.33 bits per heavy atom. The first-order valence-corrected chi connectivity index (χ1v) is 8.64. The minimum atomic E-state index is -0.118. The molecule has 2 aromatic rings. The molecule has 0 saturated carbocycles. The van der Waals surface area contributed by atoms with Crippen LogP contribution >= 0.6 is 0 Å². The van der Waals surface area contributed by atoms with Crippen LogP contribution in [-0.4, -0.2) is 32.5 Å². The van der Waals surface area contributed by atoms with Crippen LogP contribution in [0.15, 0.2) is 29.0 Å². The average molecular weight is 328 g/mol. The van der Waals surface area contributed by atoms with Crippen LogP contribution in [0.3, 0.4) is 0 Å². The van der Waals surface area contributed by atoms with Crippen molar-refractivity contribution in [2.24, 2.45) is 5.92 Å². The average Bonchev–Trinajstić information content (AvgIpc) is 3.02. The van der Waals surface area contributed by atoms with Gasteiger partial charge < -0.3 is 9.42 Å². The number of likely N-dealkylation sites (tertiary alicyclic amines) is 1. The summed E-state index contributed by atoms with van der Waals surface area (Å²) < 4.78 is 5.53. The van der Waals surface area contributed by atoms with E-state index < -0.39 is 0 Å². The lowest BCUT2D eigenvalue weighted by Gasteiger charge is -2.33. The van der Waals surface area contributed by atoms with Crippen LogP contribution in [0.1, 0.15) is 62.9 Å². The molecule has 0 aromatic carbocycles. The van der Waals surface area contributed by atoms with Gasteiger partial charge in [-0.1, -0.05) is 25.1 Å². The number of nitrogens with zero attached hydrogens (tertiary/aromatic N) is 4. The summed E-state index contributed by atoms with van der Waals surface area (Å²) in [6.45, 7) is 5.07. The van der Waals surface area contributed by atoms with Crippen molar-refractivity contribution in [1.29, 1.82) is 0 Å². The molecule has 0 aliphatic carbocycles. The Morgan fingerprint density at radius 3 is 2.92 bits per heavy atom. The first kappa shape index (κ1) is 16.6. The number of aromatic nitrogens is 3. The van der Waals surface area contributed by atoms with Gasteiger partial charge in [-0.05, 0) is 36.8 Å². The van der Waals surface area contributed by atoms with Gasteiger partial charge in [0.25, 0.3) is 0 Å². The zero-order chi connectivity index (χ0) is 16.9. The quantitative estimate of drug-likeness (QED) is 0.814. The molecule has 24 heavy (non-hydrogen) atoms. The van der Waals surface area contributed by atoms with Crippen LogP contribution in [0.2, 0.25) is 0 Å². The van der Waals surface area contributed by atoms with Crippen molar-refractivity contribution in [3.8, 4) is 0 Å². The zero-order valence-electron chi connectivity index (χ0n) is 14.3. The predicted molar refractivity (Wildman–Crippen MR) is 89.1 cm³/mol. The minimum absolute atomic E-state index is 0.118. The highest BCUT2D eigenvalue weighted by Crippen LogP contribution is 2.30. The van der Waals surface area contributed by atoms with Crippen molar-refractivity contribution >= 4 is 5.91 Å². The molecule has 6 heteroatoms. The van der Waals surface area contributed by atoms with Gasteiger partial charge in [-0.25, -0.2) is 0 Å². The molecule has 0 unspecified atom stereocenters. The maximum atomic E-state index is 12.3. The van der Waals surface area contributed by atoms with Crippen molar-refractivity contribution in [2.75, 3.05) is 6.54 Å². The summed E-state index contributed by atoms with van der Waals surface area (Å²) in [6, 6.07) is 3.76. The van der Waals surface area contributed by atoms with E-state index in [1.807, 2.05) is 17.0 Å². The molecule has 0 spiro atoms. The number of rotatable bonds is 6. The molecule has 3 heterocycles. The van der Waals surface area contributed by atoms with Gasteiger partial charge in [-0.2, -0.15) is 4.98 Å². The highest BCUT2D eigenvalue weighted by Gasteiger charge is 2.31. The molecule has 0 N–H and O–H groups in total. The number of carbonyl (C=O) groups is 1. The number of hydrogen-bond donors (Lipinski definition) is 0. The Morgan fingerprint density at radius 2 is 2.21 bits per heavy atom. The molecule has 1 atom stereocenters. The van der Waals surface area contributed by atoms with Crippen LogP contribution in [0.4, 0.5) is 0 Å². The summed E-state index contributed by atoms with van der Waals surface area (Å²) in [4.78, 5) is 22.9. The van der Waals surface area contributed by atoms with E-state index in [4.69, 9.17) is 4.52 Å². The van der Waals surface area contributed by atoms with Crippen LogP contribution < -0.4 is 0 Å². The van der Waals surface area contributed by atoms with Gasteiger partial charge in [0.1, 0.15) is 6.04 Å². The Bertz CT molecular complexity index is 669. The normalized spacial score (nSPS) is 16.6. The molecule has 2 aromatic heterocycles. The summed E-state index contributed by atoms with van der Waals surface area (Å²) >= 11 is 0. The molecule has 1 fully saturated rings. The van der Waals surface area contributed by atoms with E-state index in [9.17, 15) is 4.79 Å². The van der Waals surface area contributed by atoms with Crippen molar-refractivity contribution < 1.29 is 9.32 Å². The van der Waals surface area contributed by atoms with Gasteiger partial charge in [-0.15, -0.1) is 0 Å². The Hall–Kier alpha value is -2.24. The zero-order valence-corrected chi connectivity index (χ0v) is 14.3. The Kier molecular flexibility index (Phi) is 5.23. The molecule has 3 rings (SSSR count). The molecule has 1 saturated heterocycles. The number of pyridine rings is 1. The van der Waals surface area contributed by atoms with Crippen LogP contribution in [0.25, 0.3) is 0 Å². The lowest BCUT2D eigenvalue weighted by molar-refractivity contribution is -0.137. The summed E-state index contributed by atoms with van der Waals surface area (Å²) in [5.74, 6) is 1.83. The molecule has 1 aliphatic heterocycles. The number of hydrogen-bond acceptors (Lipinski definition) is 5. The second-order valence-electron chi connectivity index (χ2n) is 6.78. The summed E-state index contributed by atoms with van der Waals surface area (Å²) in [5.41, 5.74) is 1.04. The smallest absolute Gasteiger partial charge is 0.249 e. The van der Waals surface area contributed by atoms with Gasteiger partial charge in [-0.3, -0.25) is 9.78 Å². The van der Waals surface area contributed by atoms with Gasteiger partial charge in [0.15, 0.2) is 5.82 Å². The lowest BCUT2D eigenvalue weighted by atomic mass is 9.99. The van der Waals surface area contributed by atoms with Crippen LogP contribution in [0.5, 0.6) is 0 Å². The number of piperidine rings is 1. The van der Waals surface area contributed by atoms with E-state index in [2.05, 4.69) is 29.0 Å². The monoisotopic (exact) mass is 328 g/mol. The minimum Gasteiger partial charge on any atom is -0.337 e. The second kappa shape index (κ2) is 7.55. The number of amides is 1. The van der Waals surface area contributed by atoms with E-state index >= 15 is 0 Å². The largest absolute Gasteiger partial charge is 0.337 e. The fraction of sp³-hybridized carbons (Fsp3) is 0.556. The van der Waals surface area contributed by atoms with E-state index in [1.54, 1.807) is 12.4 Å². The maximum Gasteiger partial charge on any atom is 0.249 e. The Balaban J connectivity index is 1.79. The van der Waals surface area contributed by atoms with Crippen molar-refractivity contribution in [2.45, 2.75) is 52.0 Å². The molecular formula is C18H24N4O2. The highest BCUT2D eigenvalue weighted by molar-refractivity contribution is 5.77. The third-order valence-corrected chi connectivity index (χ3v) is 4.28. The summed E-state index contributed by atoms with van der Waals surface area (Å²) in [6.07, 6.45) is 7.59. The predicted octanol–water partition coefficient (Wildman–Crippen LogP) is 3.16. The third kappa shape index (κ3) is 3.99. The summed E-state index contributed by atoms with van der Waals surface area (Å²) in [5, 5.41) is 4.11. The van der Waals surface area contributed by atoms with Crippen molar-refractivity contribution in [3.05, 3.63) is 41.8 Å². The molecular weight excluding hydrogens is 304 g/mol. The van der Waals surface area contributed by atoms with E-state index in [0.29, 0.717) is 30.5 Å². The van der Waals surface area contributed by atoms with E-state index in [-0.39, 0.29) is 11.9 Å². The summed E-state index contributed by atoms with van der Waals surface area (Å²) in [7, 11) is 0. The maximum absolute atomic E-state index is 12.3. The second-order valence-corrected chi connectivity index (χ2v) is 6.78. The van der Waals surface area contributed by atoms with E-state index in [0.717, 1.165) is 31.4 Å². The molecule has 1 amide bonds. The van der Waals surface area contributed by atoms with Gasteiger partial charge in [0.2, 0.25) is 11.8 Å². The van der Waals surface area contributed by atoms with Crippen molar-refractivity contribution in [3.63, 3.8) is 0 Å². The highest BCUT2D eigenvalue weighted by atomic mass is 16.5. The standard InChI is InChI=1S/C18H24N4O2/c1-13(2)10-15(22-9-4-3-7-17(22)23)18-20-16(21-24-18)11-14-6-5-8-19-12-14/h5-6,8,12-13,15H,3-4,7,9-11H2,1-2H3/t15-/m1/s1. The molecule has 1 aliphatic rings. The lowest BCUT2D eigenvalue weighted by Crippen LogP contribution is -2.39. The molecule has 0 radical (unpaired) electrons.